The quantitative estimate of drug-likeness (QED) is 0.0607. The molecular formula is C82H94IrN2O2-2. The van der Waals surface area contributed by atoms with Gasteiger partial charge in [0.25, 0.3) is 0 Å². The Kier molecular flexibility index (Phi) is 18.2. The van der Waals surface area contributed by atoms with E-state index in [1.165, 1.54) is 99.2 Å². The predicted octanol–water partition coefficient (Wildman–Crippen LogP) is 22.4. The molecule has 2 aromatic heterocycles. The van der Waals surface area contributed by atoms with Gasteiger partial charge in [0.05, 0.1) is 8.50 Å². The fourth-order valence-electron chi connectivity index (χ4n) is 13.9. The third-order valence-electron chi connectivity index (χ3n) is 17.8. The molecule has 1 radical (unpaired) electrons. The van der Waals surface area contributed by atoms with Crippen LogP contribution in [0, 0.1) is 52.6 Å². The van der Waals surface area contributed by atoms with Crippen molar-refractivity contribution < 1.29 is 32.7 Å². The van der Waals surface area contributed by atoms with Gasteiger partial charge in [0.1, 0.15) is 0 Å². The second-order valence-corrected chi connectivity index (χ2v) is 30.0. The van der Waals surface area contributed by atoms with Crippen LogP contribution >= 0.6 is 0 Å². The van der Waals surface area contributed by atoms with Gasteiger partial charge in [-0.25, -0.2) is 0 Å². The number of hydrogen-bond donors (Lipinski definition) is 1. The van der Waals surface area contributed by atoms with E-state index >= 15 is 0 Å². The summed E-state index contributed by atoms with van der Waals surface area (Å²) in [5.74, 6) is 0.547. The van der Waals surface area contributed by atoms with Crippen molar-refractivity contribution in [3.63, 3.8) is 0 Å². The average molecular weight is 1330 g/mol. The molecule has 2 aliphatic rings. The SMILES string of the molecule is CCC(CC)C(=O)/C=C(\O)C(CC)CC.[2H]c1cc2c3c(cc4c(CC(C)(C)C)cccc42)Cc2c([c-]c4cc(C)ccc4c2CC(C)(C)C)-c3n1.[2H]c1cc2c3c(cc4c(CC(C)(C)C)cccc42)Cc2c([c-]c4ccccc4c2CC(C)(C)C)-c3n1.[Ir]. The number of hydrogen-bond acceptors (Lipinski definition) is 4. The van der Waals surface area contributed by atoms with Gasteiger partial charge in [-0.1, -0.05) is 217 Å². The zero-order chi connectivity index (χ0) is 63.5. The first-order valence-corrected chi connectivity index (χ1v) is 32.0. The predicted molar refractivity (Wildman–Crippen MR) is 369 cm³/mol. The van der Waals surface area contributed by atoms with Crippen LogP contribution in [0.2, 0.25) is 0 Å². The molecule has 2 aliphatic carbocycles. The fourth-order valence-corrected chi connectivity index (χ4v) is 13.9. The van der Waals surface area contributed by atoms with E-state index in [0.29, 0.717) is 12.3 Å². The molecule has 0 aliphatic heterocycles. The molecule has 87 heavy (non-hydrogen) atoms. The Hall–Kier alpha value is -6.52. The third kappa shape index (κ3) is 13.9. The Morgan fingerprint density at radius 2 is 0.943 bits per heavy atom. The Morgan fingerprint density at radius 3 is 1.39 bits per heavy atom. The van der Waals surface area contributed by atoms with E-state index in [0.717, 1.165) is 108 Å². The topological polar surface area (TPSA) is 63.1 Å². The van der Waals surface area contributed by atoms with Crippen molar-refractivity contribution in [2.75, 3.05) is 0 Å². The molecule has 0 saturated heterocycles. The number of carbonyl (C=O) groups is 1. The first-order valence-electron chi connectivity index (χ1n) is 33.0. The minimum atomic E-state index is 0. The van der Waals surface area contributed by atoms with Gasteiger partial charge in [-0.3, -0.25) is 14.8 Å². The van der Waals surface area contributed by atoms with E-state index in [1.54, 1.807) is 0 Å². The van der Waals surface area contributed by atoms with E-state index in [4.69, 9.17) is 12.7 Å². The summed E-state index contributed by atoms with van der Waals surface area (Å²) in [5.41, 5.74) is 16.9. The summed E-state index contributed by atoms with van der Waals surface area (Å²) in [6, 6.07) is 45.1. The van der Waals surface area contributed by atoms with E-state index in [2.05, 4.69) is 193 Å². The van der Waals surface area contributed by atoms with Crippen LogP contribution in [0.5, 0.6) is 0 Å². The van der Waals surface area contributed by atoms with E-state index in [-0.39, 0.29) is 65.1 Å². The van der Waals surface area contributed by atoms with Crippen molar-refractivity contribution in [3.8, 4) is 22.5 Å². The van der Waals surface area contributed by atoms with Gasteiger partial charge in [0.2, 0.25) is 0 Å². The Bertz CT molecular complexity index is 4380. The Morgan fingerprint density at radius 1 is 0.517 bits per heavy atom. The monoisotopic (exact) mass is 1330 g/mol. The number of rotatable bonds is 11. The molecule has 1 N–H and O–H groups in total. The van der Waals surface area contributed by atoms with Crippen LogP contribution in [-0.4, -0.2) is 20.9 Å². The Balaban J connectivity index is 0.000000172. The number of ketones is 1. The van der Waals surface area contributed by atoms with Gasteiger partial charge in [0.15, 0.2) is 5.78 Å². The van der Waals surface area contributed by atoms with Crippen LogP contribution in [-0.2, 0) is 63.4 Å². The second-order valence-electron chi connectivity index (χ2n) is 30.0. The summed E-state index contributed by atoms with van der Waals surface area (Å²) in [7, 11) is 0. The van der Waals surface area contributed by atoms with Crippen molar-refractivity contribution in [3.05, 3.63) is 190 Å². The molecule has 0 spiro atoms. The van der Waals surface area contributed by atoms with E-state index < -0.39 is 0 Å². The van der Waals surface area contributed by atoms with Gasteiger partial charge in [0, 0.05) is 61.8 Å². The fraction of sp³-hybridized carbons (Fsp3) is 0.402. The molecule has 0 amide bonds. The van der Waals surface area contributed by atoms with Crippen LogP contribution in [0.15, 0.2) is 127 Å². The van der Waals surface area contributed by atoms with Crippen LogP contribution < -0.4 is 0 Å². The molecule has 5 heteroatoms. The molecular weight excluding hydrogens is 1240 g/mol. The molecule has 0 atom stereocenters. The van der Waals surface area contributed by atoms with Gasteiger partial charge in [-0.2, -0.15) is 0 Å². The van der Waals surface area contributed by atoms with Crippen LogP contribution in [0.4, 0.5) is 0 Å². The summed E-state index contributed by atoms with van der Waals surface area (Å²) in [5, 5.41) is 24.4. The number of fused-ring (bicyclic) bond motifs is 10. The minimum absolute atomic E-state index is 0. The molecule has 0 bridgehead atoms. The smallest absolute Gasteiger partial charge is 0.162 e. The summed E-state index contributed by atoms with van der Waals surface area (Å²) in [6.07, 6.45) is 11.3. The number of aliphatic hydroxyl groups excluding tert-OH is 1. The molecule has 0 saturated carbocycles. The van der Waals surface area contributed by atoms with Crippen LogP contribution in [0.1, 0.15) is 189 Å². The zero-order valence-electron chi connectivity index (χ0n) is 57.2. The first kappa shape index (κ1) is 62.1. The van der Waals surface area contributed by atoms with Crippen molar-refractivity contribution in [2.24, 2.45) is 33.5 Å². The van der Waals surface area contributed by atoms with E-state index in [9.17, 15) is 9.90 Å². The van der Waals surface area contributed by atoms with Crippen LogP contribution in [0.3, 0.4) is 0 Å². The molecule has 455 valence electrons. The van der Waals surface area contributed by atoms with Crippen molar-refractivity contribution in [2.45, 2.75) is 182 Å². The van der Waals surface area contributed by atoms with Crippen molar-refractivity contribution in [1.82, 2.24) is 9.97 Å². The molecule has 4 nitrogen and oxygen atoms in total. The molecule has 12 rings (SSSR count). The maximum atomic E-state index is 11.7. The zero-order valence-corrected chi connectivity index (χ0v) is 57.6. The van der Waals surface area contributed by atoms with E-state index in [1.807, 2.05) is 39.8 Å². The molecule has 8 aromatic carbocycles. The number of pyridine rings is 2. The standard InChI is InChI=1S/C35H36N.C34H34N.C13H24O2.Ir/c1-21-11-12-25-23(15-21)16-30-29(31(25)20-35(5,6)7)18-24-17-28-22(19-34(2,3)4)9-8-10-26(28)27-13-14-36-33(30)32(24)27;1-33(2,3)19-22-11-9-13-25-26-14-15-35-32-29-16-21-10-7-8-12-24(21)30(20-34(4,5)6)28(29)18-23(31(26)32)17-27(22)25;1-5-10(6-2)12(14)9-13(15)11(7-3)8-4;/h8-15,17H,18-20H2,1-7H3;7-15,17H,18-20H2,1-6H3;9-11,14H,5-8H2,1-4H3;/q2*-1;;/b;;12-9-;/i14D;15D;;. The second kappa shape index (κ2) is 25.5. The summed E-state index contributed by atoms with van der Waals surface area (Å²) in [4.78, 5) is 21.4. The first-order chi connectivity index (χ1) is 41.5. The molecule has 0 fully saturated rings. The van der Waals surface area contributed by atoms with Crippen LogP contribution in [0.25, 0.3) is 87.1 Å². The summed E-state index contributed by atoms with van der Waals surface area (Å²) < 4.78 is 17.4. The number of allylic oxidation sites excluding steroid dienone is 2. The normalized spacial score (nSPS) is 13.5. The number of benzene rings is 8. The number of carbonyl (C=O) groups excluding carboxylic acids is 1. The number of nitrogens with zero attached hydrogens (tertiary/aromatic N) is 2. The largest absolute Gasteiger partial charge is 0.512 e. The number of aryl methyl sites for hydroxylation is 1. The third-order valence-corrected chi connectivity index (χ3v) is 17.8. The Labute approximate surface area is 537 Å². The molecule has 0 unspecified atom stereocenters. The summed E-state index contributed by atoms with van der Waals surface area (Å²) in [6.45, 7) is 37.9. The minimum Gasteiger partial charge on any atom is -0.512 e. The molecule has 10 aromatic rings. The number of aliphatic hydroxyl groups is 1. The van der Waals surface area contributed by atoms with Gasteiger partial charge in [-0.15, -0.1) is 57.3 Å². The van der Waals surface area contributed by atoms with Crippen molar-refractivity contribution in [1.29, 1.82) is 0 Å². The maximum absolute atomic E-state index is 11.7. The summed E-state index contributed by atoms with van der Waals surface area (Å²) >= 11 is 0. The van der Waals surface area contributed by atoms with Gasteiger partial charge in [-0.05, 0) is 170 Å². The van der Waals surface area contributed by atoms with Gasteiger partial charge >= 0.3 is 0 Å². The van der Waals surface area contributed by atoms with Gasteiger partial charge < -0.3 is 5.11 Å². The maximum Gasteiger partial charge on any atom is 0.162 e. The number of aromatic nitrogens is 2. The average Bonchev–Trinajstić information content (AvgIpc) is 0.774. The molecule has 2 heterocycles. The van der Waals surface area contributed by atoms with Crippen molar-refractivity contribution >= 4 is 70.4 Å².